The second-order valence-corrected chi connectivity index (χ2v) is 6.57. The Hall–Kier alpha value is -2.31. The first kappa shape index (κ1) is 16.5. The summed E-state index contributed by atoms with van der Waals surface area (Å²) in [6.45, 7) is 0.893. The van der Waals surface area contributed by atoms with Crippen LogP contribution in [0.4, 0.5) is 0 Å². The van der Waals surface area contributed by atoms with Crippen molar-refractivity contribution in [2.75, 3.05) is 7.11 Å². The minimum atomic E-state index is -0.376. The Bertz CT molecular complexity index is 697. The maximum Gasteiger partial charge on any atom is 0.119 e. The zero-order valence-corrected chi connectivity index (χ0v) is 14.2. The van der Waals surface area contributed by atoms with Crippen LogP contribution in [0.3, 0.4) is 0 Å². The van der Waals surface area contributed by atoms with E-state index in [2.05, 4.69) is 41.7 Å². The average molecular weight is 320 g/mol. The van der Waals surface area contributed by atoms with Crippen LogP contribution in [-0.4, -0.2) is 13.2 Å². The summed E-state index contributed by atoms with van der Waals surface area (Å²) in [5.41, 5.74) is 2.02. The van der Waals surface area contributed by atoms with Crippen LogP contribution in [0.15, 0.2) is 54.6 Å². The molecule has 2 aromatic rings. The Labute approximate surface area is 144 Å². The first-order valence-corrected chi connectivity index (χ1v) is 8.59. The molecular formula is C21H24N2O. The maximum absolute atomic E-state index is 9.84. The predicted molar refractivity (Wildman–Crippen MR) is 95.8 cm³/mol. The number of hydrogen-bond donors (Lipinski definition) is 1. The van der Waals surface area contributed by atoms with Crippen LogP contribution in [0, 0.1) is 11.3 Å². The molecule has 3 rings (SSSR count). The fourth-order valence-corrected chi connectivity index (χ4v) is 3.56. The van der Waals surface area contributed by atoms with E-state index >= 15 is 0 Å². The summed E-state index contributed by atoms with van der Waals surface area (Å²) in [6.07, 6.45) is 3.83. The van der Waals surface area contributed by atoms with E-state index in [1.54, 1.807) is 7.11 Å². The van der Waals surface area contributed by atoms with Gasteiger partial charge in [0.25, 0.3) is 0 Å². The van der Waals surface area contributed by atoms with Gasteiger partial charge in [0.1, 0.15) is 5.75 Å². The van der Waals surface area contributed by atoms with E-state index in [1.807, 2.05) is 24.3 Å². The lowest BCUT2D eigenvalue weighted by Gasteiger charge is -2.36. The molecule has 1 aliphatic rings. The van der Waals surface area contributed by atoms with E-state index in [-0.39, 0.29) is 5.41 Å². The number of nitrogens with zero attached hydrogens (tertiary/aromatic N) is 1. The highest BCUT2D eigenvalue weighted by molar-refractivity contribution is 5.38. The van der Waals surface area contributed by atoms with Crippen molar-refractivity contribution in [3.05, 3.63) is 65.7 Å². The van der Waals surface area contributed by atoms with Crippen molar-refractivity contribution in [1.82, 2.24) is 5.32 Å². The van der Waals surface area contributed by atoms with E-state index in [1.165, 1.54) is 5.56 Å². The fraction of sp³-hybridized carbons (Fsp3) is 0.381. The van der Waals surface area contributed by atoms with Crippen molar-refractivity contribution in [1.29, 1.82) is 5.26 Å². The lowest BCUT2D eigenvalue weighted by molar-refractivity contribution is 0.294. The lowest BCUT2D eigenvalue weighted by atomic mass is 9.69. The van der Waals surface area contributed by atoms with Crippen LogP contribution in [0.1, 0.15) is 36.8 Å². The summed E-state index contributed by atoms with van der Waals surface area (Å²) in [6, 6.07) is 21.5. The number of nitrogens with one attached hydrogen (secondary N) is 1. The van der Waals surface area contributed by atoms with Gasteiger partial charge in [-0.25, -0.2) is 0 Å². The summed E-state index contributed by atoms with van der Waals surface area (Å²) in [5.74, 6) is 0.825. The van der Waals surface area contributed by atoms with E-state index in [4.69, 9.17) is 4.74 Å². The summed E-state index contributed by atoms with van der Waals surface area (Å²) in [5, 5.41) is 13.5. The number of benzene rings is 2. The van der Waals surface area contributed by atoms with E-state index in [0.717, 1.165) is 43.5 Å². The minimum Gasteiger partial charge on any atom is -0.497 e. The Balaban J connectivity index is 1.62. The van der Waals surface area contributed by atoms with Gasteiger partial charge in [-0.2, -0.15) is 5.26 Å². The number of nitriles is 1. The third kappa shape index (κ3) is 3.60. The van der Waals surface area contributed by atoms with E-state index in [9.17, 15) is 5.26 Å². The zero-order chi connectivity index (χ0) is 16.8. The molecule has 0 saturated heterocycles. The Morgan fingerprint density at radius 1 is 1.12 bits per heavy atom. The van der Waals surface area contributed by atoms with Gasteiger partial charge in [0, 0.05) is 12.6 Å². The first-order valence-electron chi connectivity index (χ1n) is 8.59. The second-order valence-electron chi connectivity index (χ2n) is 6.57. The van der Waals surface area contributed by atoms with Crippen molar-refractivity contribution >= 4 is 0 Å². The van der Waals surface area contributed by atoms with Crippen molar-refractivity contribution in [2.24, 2.45) is 0 Å². The van der Waals surface area contributed by atoms with Gasteiger partial charge in [-0.05, 0) is 48.9 Å². The quantitative estimate of drug-likeness (QED) is 0.898. The summed E-state index contributed by atoms with van der Waals surface area (Å²) in [4.78, 5) is 0. The summed E-state index contributed by atoms with van der Waals surface area (Å²) in [7, 11) is 1.67. The molecule has 0 amide bonds. The number of rotatable bonds is 5. The van der Waals surface area contributed by atoms with E-state index in [0.29, 0.717) is 6.04 Å². The number of methoxy groups -OCH3 is 1. The van der Waals surface area contributed by atoms with Gasteiger partial charge in [0.05, 0.1) is 18.6 Å². The minimum absolute atomic E-state index is 0.376. The third-order valence-electron chi connectivity index (χ3n) is 5.11. The SMILES string of the molecule is COc1cccc([C@]2(C#N)CC[C@H](NCc3ccccc3)CC2)c1. The van der Waals surface area contributed by atoms with Gasteiger partial charge in [0.2, 0.25) is 0 Å². The molecule has 124 valence electrons. The molecule has 1 saturated carbocycles. The van der Waals surface area contributed by atoms with Gasteiger partial charge >= 0.3 is 0 Å². The molecule has 1 fully saturated rings. The molecule has 0 atom stereocenters. The topological polar surface area (TPSA) is 45.0 Å². The molecule has 0 aliphatic heterocycles. The molecule has 0 spiro atoms. The molecule has 0 bridgehead atoms. The molecule has 0 heterocycles. The van der Waals surface area contributed by atoms with Gasteiger partial charge in [-0.1, -0.05) is 42.5 Å². The molecule has 1 aliphatic carbocycles. The Morgan fingerprint density at radius 3 is 2.54 bits per heavy atom. The highest BCUT2D eigenvalue weighted by Crippen LogP contribution is 2.40. The zero-order valence-electron chi connectivity index (χ0n) is 14.2. The molecule has 24 heavy (non-hydrogen) atoms. The monoisotopic (exact) mass is 320 g/mol. The van der Waals surface area contributed by atoms with Gasteiger partial charge < -0.3 is 10.1 Å². The number of ether oxygens (including phenoxy) is 1. The molecular weight excluding hydrogens is 296 g/mol. The molecule has 0 unspecified atom stereocenters. The first-order chi connectivity index (χ1) is 11.8. The van der Waals surface area contributed by atoms with Crippen LogP contribution < -0.4 is 10.1 Å². The molecule has 2 aromatic carbocycles. The van der Waals surface area contributed by atoms with Crippen molar-refractivity contribution in [2.45, 2.75) is 43.7 Å². The fourth-order valence-electron chi connectivity index (χ4n) is 3.56. The van der Waals surface area contributed by atoms with Crippen LogP contribution in [0.25, 0.3) is 0 Å². The van der Waals surface area contributed by atoms with Gasteiger partial charge in [-0.15, -0.1) is 0 Å². The van der Waals surface area contributed by atoms with Crippen LogP contribution in [0.2, 0.25) is 0 Å². The molecule has 3 nitrogen and oxygen atoms in total. The molecule has 0 radical (unpaired) electrons. The van der Waals surface area contributed by atoms with Crippen molar-refractivity contribution in [3.63, 3.8) is 0 Å². The van der Waals surface area contributed by atoms with E-state index < -0.39 is 0 Å². The standard InChI is InChI=1S/C21H24N2O/c1-24-20-9-5-8-18(14-20)21(16-22)12-10-19(11-13-21)23-15-17-6-3-2-4-7-17/h2-9,14,19,23H,10-13,15H2,1H3/t19-,21+. The Morgan fingerprint density at radius 2 is 1.88 bits per heavy atom. The smallest absolute Gasteiger partial charge is 0.119 e. The normalized spacial score (nSPS) is 23.4. The van der Waals surface area contributed by atoms with Crippen LogP contribution in [-0.2, 0) is 12.0 Å². The summed E-state index contributed by atoms with van der Waals surface area (Å²) < 4.78 is 5.32. The summed E-state index contributed by atoms with van der Waals surface area (Å²) >= 11 is 0. The number of hydrogen-bond acceptors (Lipinski definition) is 3. The van der Waals surface area contributed by atoms with Crippen LogP contribution in [0.5, 0.6) is 5.75 Å². The Kier molecular flexibility index (Phi) is 5.17. The lowest BCUT2D eigenvalue weighted by Crippen LogP contribution is -2.38. The highest BCUT2D eigenvalue weighted by atomic mass is 16.5. The third-order valence-corrected chi connectivity index (χ3v) is 5.11. The highest BCUT2D eigenvalue weighted by Gasteiger charge is 2.37. The average Bonchev–Trinajstić information content (AvgIpc) is 2.67. The van der Waals surface area contributed by atoms with Gasteiger partial charge in [0.15, 0.2) is 0 Å². The molecule has 0 aromatic heterocycles. The van der Waals surface area contributed by atoms with Gasteiger partial charge in [-0.3, -0.25) is 0 Å². The van der Waals surface area contributed by atoms with Crippen LogP contribution >= 0.6 is 0 Å². The molecule has 1 N–H and O–H groups in total. The largest absolute Gasteiger partial charge is 0.497 e. The molecule has 3 heteroatoms. The van der Waals surface area contributed by atoms with Crippen molar-refractivity contribution in [3.8, 4) is 11.8 Å². The predicted octanol–water partition coefficient (Wildman–Crippen LogP) is 4.19. The second kappa shape index (κ2) is 7.51. The maximum atomic E-state index is 9.84. The van der Waals surface area contributed by atoms with Crippen molar-refractivity contribution < 1.29 is 4.74 Å².